The number of rotatable bonds is 4. The van der Waals surface area contributed by atoms with Gasteiger partial charge in [0.15, 0.2) is 5.84 Å². The van der Waals surface area contributed by atoms with Crippen molar-refractivity contribution in [3.63, 3.8) is 0 Å². The van der Waals surface area contributed by atoms with Crippen molar-refractivity contribution in [2.45, 2.75) is 20.8 Å². The number of aliphatic imine (C=N–C) groups is 2. The fourth-order valence-electron chi connectivity index (χ4n) is 1.95. The van der Waals surface area contributed by atoms with E-state index in [0.717, 1.165) is 28.1 Å². The molecule has 1 aromatic heterocycles. The quantitative estimate of drug-likeness (QED) is 0.600. The molecule has 0 saturated carbocycles. The largest absolute Gasteiger partial charge is 0.496 e. The number of ether oxygens (including phenoxy) is 1. The Morgan fingerprint density at radius 3 is 2.77 bits per heavy atom. The van der Waals surface area contributed by atoms with Gasteiger partial charge in [-0.05, 0) is 56.8 Å². The lowest BCUT2D eigenvalue weighted by molar-refractivity contribution is 0.412. The molecule has 0 fully saturated rings. The predicted octanol–water partition coefficient (Wildman–Crippen LogP) is 4.82. The number of methoxy groups -OCH3 is 1. The van der Waals surface area contributed by atoms with Crippen LogP contribution in [0.25, 0.3) is 11.3 Å². The molecule has 0 N–H and O–H groups in total. The highest BCUT2D eigenvalue weighted by atomic mass is 32.1. The summed E-state index contributed by atoms with van der Waals surface area (Å²) in [5.41, 5.74) is 4.01. The van der Waals surface area contributed by atoms with E-state index in [1.807, 2.05) is 44.4 Å². The van der Waals surface area contributed by atoms with E-state index >= 15 is 0 Å². The van der Waals surface area contributed by atoms with Crippen LogP contribution in [0.1, 0.15) is 19.4 Å². The van der Waals surface area contributed by atoms with Gasteiger partial charge < -0.3 is 4.74 Å². The smallest absolute Gasteiger partial charge is 0.211 e. The zero-order valence-corrected chi connectivity index (χ0v) is 14.1. The summed E-state index contributed by atoms with van der Waals surface area (Å²) in [5, 5.41) is 2.67. The Balaban J connectivity index is 2.34. The maximum Gasteiger partial charge on any atom is 0.211 e. The molecule has 4 nitrogen and oxygen atoms in total. The molecule has 0 spiro atoms. The molecule has 1 aromatic carbocycles. The van der Waals surface area contributed by atoms with Crippen LogP contribution in [0, 0.1) is 6.92 Å². The molecule has 0 amide bonds. The Bertz CT molecular complexity index is 744. The number of aromatic nitrogens is 1. The van der Waals surface area contributed by atoms with Gasteiger partial charge in [0.2, 0.25) is 5.13 Å². The number of nitrogens with zero attached hydrogens (tertiary/aromatic N) is 3. The number of thiazole rings is 1. The van der Waals surface area contributed by atoms with Crippen molar-refractivity contribution in [2.75, 3.05) is 7.11 Å². The van der Waals surface area contributed by atoms with Crippen LogP contribution in [0.2, 0.25) is 0 Å². The highest BCUT2D eigenvalue weighted by Crippen LogP contribution is 2.30. The first-order chi connectivity index (χ1) is 10.6. The van der Waals surface area contributed by atoms with Gasteiger partial charge in [0.1, 0.15) is 5.75 Å². The second-order valence-corrected chi connectivity index (χ2v) is 5.60. The van der Waals surface area contributed by atoms with Crippen molar-refractivity contribution in [1.29, 1.82) is 0 Å². The van der Waals surface area contributed by atoms with E-state index < -0.39 is 0 Å². The van der Waals surface area contributed by atoms with E-state index in [1.54, 1.807) is 7.11 Å². The molecule has 2 rings (SSSR count). The maximum absolute atomic E-state index is 5.28. The minimum Gasteiger partial charge on any atom is -0.496 e. The molecule has 2 aromatic rings. The zero-order chi connectivity index (χ0) is 16.1. The van der Waals surface area contributed by atoms with Crippen molar-refractivity contribution in [3.8, 4) is 17.0 Å². The molecule has 22 heavy (non-hydrogen) atoms. The van der Waals surface area contributed by atoms with Crippen LogP contribution >= 0.6 is 11.3 Å². The molecule has 1 heterocycles. The van der Waals surface area contributed by atoms with Gasteiger partial charge >= 0.3 is 0 Å². The van der Waals surface area contributed by atoms with Gasteiger partial charge in [-0.1, -0.05) is 6.08 Å². The fraction of sp³-hybridized carbons (Fsp3) is 0.235. The van der Waals surface area contributed by atoms with Gasteiger partial charge in [0, 0.05) is 10.9 Å². The van der Waals surface area contributed by atoms with Gasteiger partial charge in [-0.25, -0.2) is 9.98 Å². The van der Waals surface area contributed by atoms with E-state index in [1.165, 1.54) is 11.3 Å². The van der Waals surface area contributed by atoms with Gasteiger partial charge in [0.05, 0.1) is 12.8 Å². The molecule has 0 radical (unpaired) electrons. The molecule has 0 bridgehead atoms. The van der Waals surface area contributed by atoms with Crippen molar-refractivity contribution >= 4 is 29.0 Å². The molecule has 0 unspecified atom stereocenters. The molecule has 114 valence electrons. The molecule has 0 aliphatic rings. The normalized spacial score (nSPS) is 12.4. The van der Waals surface area contributed by atoms with Gasteiger partial charge in [-0.15, -0.1) is 11.3 Å². The van der Waals surface area contributed by atoms with E-state index in [2.05, 4.69) is 27.8 Å². The minimum absolute atomic E-state index is 0.606. The second-order valence-electron chi connectivity index (χ2n) is 4.76. The molecule has 0 aliphatic carbocycles. The third kappa shape index (κ3) is 3.49. The first-order valence-electron chi connectivity index (χ1n) is 6.88. The van der Waals surface area contributed by atoms with E-state index in [0.29, 0.717) is 11.0 Å². The van der Waals surface area contributed by atoms with Crippen molar-refractivity contribution in [3.05, 3.63) is 40.8 Å². The lowest BCUT2D eigenvalue weighted by Gasteiger charge is -2.05. The first kappa shape index (κ1) is 16.1. The summed E-state index contributed by atoms with van der Waals surface area (Å²) in [4.78, 5) is 13.0. The summed E-state index contributed by atoms with van der Waals surface area (Å²) in [5.74, 6) is 1.48. The summed E-state index contributed by atoms with van der Waals surface area (Å²) in [6.07, 6.45) is 1.95. The van der Waals surface area contributed by atoms with E-state index in [9.17, 15) is 0 Å². The number of amidine groups is 1. The second kappa shape index (κ2) is 7.13. The first-order valence-corrected chi connectivity index (χ1v) is 7.76. The van der Waals surface area contributed by atoms with Crippen LogP contribution in [0.4, 0.5) is 5.13 Å². The summed E-state index contributed by atoms with van der Waals surface area (Å²) in [6.45, 7) is 9.48. The van der Waals surface area contributed by atoms with Crippen LogP contribution < -0.4 is 4.74 Å². The Kier molecular flexibility index (Phi) is 5.22. The molecule has 5 heteroatoms. The number of aryl methyl sites for hydroxylation is 1. The monoisotopic (exact) mass is 313 g/mol. The van der Waals surface area contributed by atoms with Gasteiger partial charge in [-0.2, -0.15) is 4.99 Å². The van der Waals surface area contributed by atoms with E-state index in [4.69, 9.17) is 4.74 Å². The number of benzene rings is 1. The molecule has 0 aliphatic heterocycles. The third-order valence-corrected chi connectivity index (χ3v) is 4.05. The van der Waals surface area contributed by atoms with E-state index in [-0.39, 0.29) is 0 Å². The zero-order valence-electron chi connectivity index (χ0n) is 13.3. The van der Waals surface area contributed by atoms with Crippen LogP contribution in [0.5, 0.6) is 5.75 Å². The highest BCUT2D eigenvalue weighted by Gasteiger charge is 2.08. The van der Waals surface area contributed by atoms with Crippen LogP contribution in [0.15, 0.2) is 45.2 Å². The Morgan fingerprint density at radius 2 is 2.18 bits per heavy atom. The lowest BCUT2D eigenvalue weighted by atomic mass is 10.1. The maximum atomic E-state index is 5.28. The summed E-state index contributed by atoms with van der Waals surface area (Å²) >= 11 is 1.49. The van der Waals surface area contributed by atoms with Crippen molar-refractivity contribution in [2.24, 2.45) is 9.98 Å². The number of allylic oxidation sites excluding steroid dienone is 1. The average Bonchev–Trinajstić information content (AvgIpc) is 3.00. The fourth-order valence-corrected chi connectivity index (χ4v) is 2.65. The molecular weight excluding hydrogens is 294 g/mol. The van der Waals surface area contributed by atoms with Crippen LogP contribution in [0.3, 0.4) is 0 Å². The van der Waals surface area contributed by atoms with Crippen LogP contribution in [-0.4, -0.2) is 24.6 Å². The Hall–Kier alpha value is -2.27. The number of hydrogen-bond donors (Lipinski definition) is 0. The SMILES string of the molecule is C=NC(=Nc1nc(-c2ccc(OC)c(C)c2)cs1)C(C)=CC. The highest BCUT2D eigenvalue weighted by molar-refractivity contribution is 7.13. The average molecular weight is 313 g/mol. The molecule has 0 atom stereocenters. The number of hydrogen-bond acceptors (Lipinski definition) is 4. The minimum atomic E-state index is 0.606. The standard InChI is InChI=1S/C17H19N3OS/c1-6-11(2)16(18-4)20-17-19-14(10-22-17)13-7-8-15(21-5)12(3)9-13/h6-10H,4H2,1-3,5H3. The third-order valence-electron chi connectivity index (χ3n) is 3.32. The molecular formula is C17H19N3OS. The van der Waals surface area contributed by atoms with Gasteiger partial charge in [-0.3, -0.25) is 0 Å². The van der Waals surface area contributed by atoms with Crippen LogP contribution in [-0.2, 0) is 0 Å². The van der Waals surface area contributed by atoms with Crippen molar-refractivity contribution < 1.29 is 4.74 Å². The topological polar surface area (TPSA) is 46.8 Å². The summed E-state index contributed by atoms with van der Waals surface area (Å²) in [7, 11) is 1.67. The predicted molar refractivity (Wildman–Crippen MR) is 94.9 cm³/mol. The van der Waals surface area contributed by atoms with Gasteiger partial charge in [0.25, 0.3) is 0 Å². The summed E-state index contributed by atoms with van der Waals surface area (Å²) in [6, 6.07) is 6.01. The van der Waals surface area contributed by atoms with Crippen molar-refractivity contribution in [1.82, 2.24) is 4.98 Å². The Morgan fingerprint density at radius 1 is 1.41 bits per heavy atom. The Labute approximate surface area is 134 Å². The lowest BCUT2D eigenvalue weighted by Crippen LogP contribution is -1.94. The summed E-state index contributed by atoms with van der Waals surface area (Å²) < 4.78 is 5.28. The molecule has 0 saturated heterocycles.